The van der Waals surface area contributed by atoms with E-state index in [1.165, 1.54) is 18.4 Å². The zero-order valence-electron chi connectivity index (χ0n) is 12.3. The maximum Gasteiger partial charge on any atom is 0.123 e. The summed E-state index contributed by atoms with van der Waals surface area (Å²) in [5, 5.41) is 4.21. The Labute approximate surface area is 130 Å². The molecule has 0 bridgehead atoms. The van der Waals surface area contributed by atoms with Gasteiger partial charge in [-0.25, -0.2) is 4.39 Å². The van der Waals surface area contributed by atoms with Crippen molar-refractivity contribution in [3.63, 3.8) is 0 Å². The lowest BCUT2D eigenvalue weighted by atomic mass is 9.95. The molecule has 3 heteroatoms. The van der Waals surface area contributed by atoms with Gasteiger partial charge in [-0.1, -0.05) is 23.7 Å². The second kappa shape index (κ2) is 5.78. The molecule has 0 atom stereocenters. The Balaban J connectivity index is 1.91. The highest BCUT2D eigenvalue weighted by Crippen LogP contribution is 2.34. The Bertz CT molecular complexity index is 654. The molecular weight excluding hydrogens is 285 g/mol. The first kappa shape index (κ1) is 14.6. The summed E-state index contributed by atoms with van der Waals surface area (Å²) in [5.41, 5.74) is 5.02. The van der Waals surface area contributed by atoms with Gasteiger partial charge in [0.25, 0.3) is 0 Å². The molecule has 0 heterocycles. The van der Waals surface area contributed by atoms with Crippen LogP contribution in [-0.4, -0.2) is 6.04 Å². The Morgan fingerprint density at radius 1 is 1.14 bits per heavy atom. The van der Waals surface area contributed by atoms with E-state index in [1.807, 2.05) is 26.0 Å². The highest BCUT2D eigenvalue weighted by molar-refractivity contribution is 6.33. The van der Waals surface area contributed by atoms with E-state index in [1.54, 1.807) is 12.1 Å². The number of nitrogens with one attached hydrogen (secondary N) is 1. The monoisotopic (exact) mass is 303 g/mol. The van der Waals surface area contributed by atoms with Crippen LogP contribution in [0, 0.1) is 19.7 Å². The summed E-state index contributed by atoms with van der Waals surface area (Å²) in [7, 11) is 0. The smallest absolute Gasteiger partial charge is 0.123 e. The van der Waals surface area contributed by atoms with E-state index in [0.29, 0.717) is 6.04 Å². The van der Waals surface area contributed by atoms with Crippen LogP contribution >= 0.6 is 11.6 Å². The Kier molecular flexibility index (Phi) is 4.01. The molecule has 1 fully saturated rings. The molecule has 0 radical (unpaired) electrons. The summed E-state index contributed by atoms with van der Waals surface area (Å²) in [4.78, 5) is 0. The minimum absolute atomic E-state index is 0.199. The van der Waals surface area contributed by atoms with Crippen LogP contribution in [0.4, 0.5) is 4.39 Å². The van der Waals surface area contributed by atoms with Crippen molar-refractivity contribution in [2.24, 2.45) is 0 Å². The third-order valence-electron chi connectivity index (χ3n) is 3.97. The number of benzene rings is 2. The molecule has 110 valence electrons. The van der Waals surface area contributed by atoms with Crippen LogP contribution in [-0.2, 0) is 6.54 Å². The van der Waals surface area contributed by atoms with Crippen LogP contribution in [0.1, 0.15) is 29.5 Å². The summed E-state index contributed by atoms with van der Waals surface area (Å²) in [6, 6.07) is 9.94. The molecule has 1 N–H and O–H groups in total. The Morgan fingerprint density at radius 2 is 1.81 bits per heavy atom. The molecule has 1 aliphatic rings. The standard InChI is InChI=1S/C18H19ClFN/c1-11-7-14(20)8-12(2)18(11)16-6-3-13(9-17(16)19)10-21-15-4-5-15/h3,6-9,15,21H,4-5,10H2,1-2H3. The number of aryl methyl sites for hydroxylation is 2. The predicted octanol–water partition coefficient (Wildman–Crippen LogP) is 5.01. The number of hydrogen-bond donors (Lipinski definition) is 1. The number of hydrogen-bond acceptors (Lipinski definition) is 1. The van der Waals surface area contributed by atoms with E-state index < -0.39 is 0 Å². The van der Waals surface area contributed by atoms with Crippen molar-refractivity contribution in [2.45, 2.75) is 39.3 Å². The molecule has 0 aromatic heterocycles. The average molecular weight is 304 g/mol. The summed E-state index contributed by atoms with van der Waals surface area (Å²) < 4.78 is 13.4. The van der Waals surface area contributed by atoms with Crippen LogP contribution in [0.25, 0.3) is 11.1 Å². The largest absolute Gasteiger partial charge is 0.310 e. The maximum atomic E-state index is 13.4. The molecular formula is C18H19ClFN. The number of rotatable bonds is 4. The van der Waals surface area contributed by atoms with Gasteiger partial charge < -0.3 is 5.32 Å². The molecule has 21 heavy (non-hydrogen) atoms. The molecule has 2 aromatic carbocycles. The van der Waals surface area contributed by atoms with E-state index in [0.717, 1.165) is 33.8 Å². The van der Waals surface area contributed by atoms with E-state index in [-0.39, 0.29) is 5.82 Å². The van der Waals surface area contributed by atoms with Gasteiger partial charge >= 0.3 is 0 Å². The average Bonchev–Trinajstić information content (AvgIpc) is 3.21. The topological polar surface area (TPSA) is 12.0 Å². The lowest BCUT2D eigenvalue weighted by Gasteiger charge is -2.13. The van der Waals surface area contributed by atoms with Crippen LogP contribution in [0.2, 0.25) is 5.02 Å². The zero-order valence-corrected chi connectivity index (χ0v) is 13.1. The minimum Gasteiger partial charge on any atom is -0.310 e. The van der Waals surface area contributed by atoms with E-state index in [9.17, 15) is 4.39 Å². The second-order valence-electron chi connectivity index (χ2n) is 5.88. The van der Waals surface area contributed by atoms with Gasteiger partial charge in [0.1, 0.15) is 5.82 Å². The van der Waals surface area contributed by atoms with Crippen molar-refractivity contribution >= 4 is 11.6 Å². The van der Waals surface area contributed by atoms with Gasteiger partial charge in [-0.3, -0.25) is 0 Å². The second-order valence-corrected chi connectivity index (χ2v) is 6.29. The van der Waals surface area contributed by atoms with Crippen LogP contribution < -0.4 is 5.32 Å². The van der Waals surface area contributed by atoms with Gasteiger partial charge in [0.2, 0.25) is 0 Å². The van der Waals surface area contributed by atoms with Gasteiger partial charge in [-0.2, -0.15) is 0 Å². The van der Waals surface area contributed by atoms with Crippen molar-refractivity contribution in [2.75, 3.05) is 0 Å². The van der Waals surface area contributed by atoms with Gasteiger partial charge in [0, 0.05) is 23.2 Å². The lowest BCUT2D eigenvalue weighted by molar-refractivity contribution is 0.625. The quantitative estimate of drug-likeness (QED) is 0.836. The molecule has 1 aliphatic carbocycles. The Morgan fingerprint density at radius 3 is 2.38 bits per heavy atom. The molecule has 2 aromatic rings. The summed E-state index contributed by atoms with van der Waals surface area (Å²) in [6.07, 6.45) is 2.56. The molecule has 0 unspecified atom stereocenters. The van der Waals surface area contributed by atoms with Gasteiger partial charge in [0.15, 0.2) is 0 Å². The first-order valence-electron chi connectivity index (χ1n) is 7.33. The fourth-order valence-electron chi connectivity index (χ4n) is 2.76. The first-order valence-corrected chi connectivity index (χ1v) is 7.71. The van der Waals surface area contributed by atoms with Gasteiger partial charge in [0.05, 0.1) is 0 Å². The van der Waals surface area contributed by atoms with Crippen LogP contribution in [0.15, 0.2) is 30.3 Å². The fourth-order valence-corrected chi connectivity index (χ4v) is 3.05. The summed E-state index contributed by atoms with van der Waals surface area (Å²) in [5.74, 6) is -0.199. The van der Waals surface area contributed by atoms with Crippen LogP contribution in [0.5, 0.6) is 0 Å². The Hall–Kier alpha value is -1.38. The van der Waals surface area contributed by atoms with E-state index >= 15 is 0 Å². The zero-order chi connectivity index (χ0) is 15.0. The van der Waals surface area contributed by atoms with Crippen LogP contribution in [0.3, 0.4) is 0 Å². The van der Waals surface area contributed by atoms with Crippen molar-refractivity contribution in [3.8, 4) is 11.1 Å². The first-order chi connectivity index (χ1) is 10.0. The number of halogens is 2. The molecule has 1 nitrogen and oxygen atoms in total. The fraction of sp³-hybridized carbons (Fsp3) is 0.333. The van der Waals surface area contributed by atoms with E-state index in [4.69, 9.17) is 11.6 Å². The lowest BCUT2D eigenvalue weighted by Crippen LogP contribution is -2.15. The SMILES string of the molecule is Cc1cc(F)cc(C)c1-c1ccc(CNC2CC2)cc1Cl. The molecule has 0 saturated heterocycles. The minimum atomic E-state index is -0.199. The molecule has 3 rings (SSSR count). The summed E-state index contributed by atoms with van der Waals surface area (Å²) >= 11 is 6.46. The summed E-state index contributed by atoms with van der Waals surface area (Å²) in [6.45, 7) is 4.70. The molecule has 0 amide bonds. The molecule has 0 spiro atoms. The molecule has 0 aliphatic heterocycles. The maximum absolute atomic E-state index is 13.4. The van der Waals surface area contributed by atoms with Gasteiger partial charge in [-0.05, 0) is 67.1 Å². The van der Waals surface area contributed by atoms with Crippen molar-refractivity contribution < 1.29 is 4.39 Å². The third-order valence-corrected chi connectivity index (χ3v) is 4.29. The molecule has 1 saturated carbocycles. The van der Waals surface area contributed by atoms with Crippen molar-refractivity contribution in [3.05, 3.63) is 57.9 Å². The predicted molar refractivity (Wildman–Crippen MR) is 86.2 cm³/mol. The van der Waals surface area contributed by atoms with Crippen molar-refractivity contribution in [1.82, 2.24) is 5.32 Å². The van der Waals surface area contributed by atoms with Crippen molar-refractivity contribution in [1.29, 1.82) is 0 Å². The third kappa shape index (κ3) is 3.28. The highest BCUT2D eigenvalue weighted by Gasteiger charge is 2.20. The van der Waals surface area contributed by atoms with E-state index in [2.05, 4.69) is 11.4 Å². The normalized spacial score (nSPS) is 14.5. The van der Waals surface area contributed by atoms with Gasteiger partial charge in [-0.15, -0.1) is 0 Å². The highest BCUT2D eigenvalue weighted by atomic mass is 35.5.